The lowest BCUT2D eigenvalue weighted by Gasteiger charge is -2.21. The van der Waals surface area contributed by atoms with Gasteiger partial charge in [0.25, 0.3) is 0 Å². The summed E-state index contributed by atoms with van der Waals surface area (Å²) in [6, 6.07) is 9.91. The van der Waals surface area contributed by atoms with Gasteiger partial charge in [-0.2, -0.15) is 0 Å². The molecule has 0 amide bonds. The number of fused-ring (bicyclic) bond motifs is 2. The van der Waals surface area contributed by atoms with Gasteiger partial charge in [0.2, 0.25) is 5.16 Å². The molecule has 0 aliphatic carbocycles. The average molecular weight is 451 g/mol. The maximum atomic E-state index is 14.3. The van der Waals surface area contributed by atoms with Crippen LogP contribution in [0.5, 0.6) is 0 Å². The first-order chi connectivity index (χ1) is 15.4. The third-order valence-electron chi connectivity index (χ3n) is 5.94. The van der Waals surface area contributed by atoms with Crippen molar-refractivity contribution in [2.45, 2.75) is 29.4 Å². The van der Waals surface area contributed by atoms with E-state index in [4.69, 9.17) is 0 Å². The van der Waals surface area contributed by atoms with E-state index in [2.05, 4.69) is 51.2 Å². The van der Waals surface area contributed by atoms with Gasteiger partial charge in [0.15, 0.2) is 17.2 Å². The van der Waals surface area contributed by atoms with Gasteiger partial charge in [0, 0.05) is 41.2 Å². The fourth-order valence-electron chi connectivity index (χ4n) is 4.03. The standard InChI is InChI=1S/C23H23FN6OS/c1-14(31)16-10-20(24)22-26-27-23(30(22)12-16)32-19-4-5-21-15(9-19)8-18(11-25-21)29-7-6-17(13-29)28(2)3/h4-5,8-12,17H,6-7,13H2,1-3H3. The Hall–Kier alpha value is -3.04. The highest BCUT2D eigenvalue weighted by molar-refractivity contribution is 7.99. The van der Waals surface area contributed by atoms with Gasteiger partial charge < -0.3 is 9.80 Å². The number of hydrogen-bond acceptors (Lipinski definition) is 7. The number of rotatable bonds is 5. The molecule has 164 valence electrons. The molecular weight excluding hydrogens is 427 g/mol. The van der Waals surface area contributed by atoms with Crippen LogP contribution >= 0.6 is 11.8 Å². The number of nitrogens with zero attached hydrogens (tertiary/aromatic N) is 6. The van der Waals surface area contributed by atoms with E-state index in [1.807, 2.05) is 18.3 Å². The van der Waals surface area contributed by atoms with Crippen molar-refractivity contribution in [2.75, 3.05) is 32.1 Å². The quantitative estimate of drug-likeness (QED) is 0.427. The van der Waals surface area contributed by atoms with Crippen LogP contribution in [0.4, 0.5) is 10.1 Å². The monoisotopic (exact) mass is 450 g/mol. The zero-order chi connectivity index (χ0) is 22.4. The van der Waals surface area contributed by atoms with Crippen molar-refractivity contribution in [1.82, 2.24) is 24.5 Å². The number of hydrogen-bond donors (Lipinski definition) is 0. The molecule has 7 nitrogen and oxygen atoms in total. The van der Waals surface area contributed by atoms with E-state index in [1.165, 1.54) is 29.2 Å². The first-order valence-electron chi connectivity index (χ1n) is 10.4. The predicted octanol–water partition coefficient (Wildman–Crippen LogP) is 3.91. The number of carbonyl (C=O) groups is 1. The highest BCUT2D eigenvalue weighted by atomic mass is 32.2. The third-order valence-corrected chi connectivity index (χ3v) is 6.89. The first-order valence-corrected chi connectivity index (χ1v) is 11.2. The summed E-state index contributed by atoms with van der Waals surface area (Å²) >= 11 is 1.37. The topological polar surface area (TPSA) is 66.6 Å². The number of anilines is 1. The smallest absolute Gasteiger partial charge is 0.200 e. The number of aromatic nitrogens is 4. The van der Waals surface area contributed by atoms with Crippen LogP contribution in [0.15, 0.2) is 52.8 Å². The van der Waals surface area contributed by atoms with Crippen molar-refractivity contribution in [3.63, 3.8) is 0 Å². The lowest BCUT2D eigenvalue weighted by molar-refractivity contribution is 0.101. The van der Waals surface area contributed by atoms with Gasteiger partial charge in [0.1, 0.15) is 0 Å². The van der Waals surface area contributed by atoms with Crippen LogP contribution in [-0.2, 0) is 0 Å². The molecule has 4 aromatic rings. The lowest BCUT2D eigenvalue weighted by atomic mass is 10.2. The SMILES string of the molecule is CC(=O)c1cc(F)c2nnc(Sc3ccc4ncc(N5CCC(N(C)C)C5)cc4c3)n2c1. The molecule has 32 heavy (non-hydrogen) atoms. The van der Waals surface area contributed by atoms with Crippen LogP contribution in [0.25, 0.3) is 16.6 Å². The normalized spacial score (nSPS) is 16.5. The van der Waals surface area contributed by atoms with Crippen LogP contribution in [0.3, 0.4) is 0 Å². The molecule has 1 aliphatic rings. The molecule has 1 saturated heterocycles. The van der Waals surface area contributed by atoms with Crippen molar-refractivity contribution in [3.8, 4) is 0 Å². The number of likely N-dealkylation sites (N-methyl/N-ethyl adjacent to an activating group) is 1. The van der Waals surface area contributed by atoms with Gasteiger partial charge >= 0.3 is 0 Å². The molecule has 0 bridgehead atoms. The molecule has 0 radical (unpaired) electrons. The Morgan fingerprint density at radius 3 is 2.81 bits per heavy atom. The van der Waals surface area contributed by atoms with Crippen LogP contribution in [0, 0.1) is 5.82 Å². The molecule has 1 fully saturated rings. The van der Waals surface area contributed by atoms with E-state index in [1.54, 1.807) is 6.20 Å². The second-order valence-electron chi connectivity index (χ2n) is 8.31. The molecule has 9 heteroatoms. The fourth-order valence-corrected chi connectivity index (χ4v) is 4.89. The van der Waals surface area contributed by atoms with Crippen LogP contribution in [0.1, 0.15) is 23.7 Å². The molecule has 3 aromatic heterocycles. The average Bonchev–Trinajstić information content (AvgIpc) is 3.41. The summed E-state index contributed by atoms with van der Waals surface area (Å²) in [6.45, 7) is 3.41. The minimum atomic E-state index is -0.564. The van der Waals surface area contributed by atoms with E-state index in [0.29, 0.717) is 11.2 Å². The Kier molecular flexibility index (Phi) is 5.30. The molecule has 1 atom stereocenters. The summed E-state index contributed by atoms with van der Waals surface area (Å²) < 4.78 is 15.9. The Labute approximate surface area is 189 Å². The van der Waals surface area contributed by atoms with Crippen LogP contribution in [-0.4, -0.2) is 63.5 Å². The lowest BCUT2D eigenvalue weighted by Crippen LogP contribution is -2.31. The van der Waals surface area contributed by atoms with Gasteiger partial charge in [-0.05, 0) is 69.5 Å². The predicted molar refractivity (Wildman–Crippen MR) is 123 cm³/mol. The molecule has 0 saturated carbocycles. The second-order valence-corrected chi connectivity index (χ2v) is 9.35. The number of Topliss-reactive ketones (excluding diaryl/α,β-unsaturated/α-hetero) is 1. The maximum absolute atomic E-state index is 14.3. The summed E-state index contributed by atoms with van der Waals surface area (Å²) in [7, 11) is 4.24. The van der Waals surface area contributed by atoms with E-state index < -0.39 is 5.82 Å². The van der Waals surface area contributed by atoms with Crippen molar-refractivity contribution >= 4 is 39.8 Å². The molecule has 0 N–H and O–H groups in total. The van der Waals surface area contributed by atoms with Gasteiger partial charge in [0.05, 0.1) is 17.4 Å². The minimum absolute atomic E-state index is 0.103. The maximum Gasteiger partial charge on any atom is 0.200 e. The van der Waals surface area contributed by atoms with Gasteiger partial charge in [-0.15, -0.1) is 10.2 Å². The van der Waals surface area contributed by atoms with Gasteiger partial charge in [-0.1, -0.05) is 0 Å². The molecule has 4 heterocycles. The van der Waals surface area contributed by atoms with Gasteiger partial charge in [-0.3, -0.25) is 14.2 Å². The molecule has 5 rings (SSSR count). The largest absolute Gasteiger partial charge is 0.369 e. The van der Waals surface area contributed by atoms with Crippen molar-refractivity contribution in [2.24, 2.45) is 0 Å². The Balaban J connectivity index is 1.46. The molecule has 1 unspecified atom stereocenters. The minimum Gasteiger partial charge on any atom is -0.369 e. The molecule has 0 spiro atoms. The highest BCUT2D eigenvalue weighted by Crippen LogP contribution is 2.31. The number of ketones is 1. The van der Waals surface area contributed by atoms with E-state index >= 15 is 0 Å². The van der Waals surface area contributed by atoms with Crippen LogP contribution in [0.2, 0.25) is 0 Å². The zero-order valence-corrected chi connectivity index (χ0v) is 18.9. The molecule has 1 aliphatic heterocycles. The van der Waals surface area contributed by atoms with Gasteiger partial charge in [-0.25, -0.2) is 4.39 Å². The van der Waals surface area contributed by atoms with E-state index in [0.717, 1.165) is 41.0 Å². The highest BCUT2D eigenvalue weighted by Gasteiger charge is 2.24. The third kappa shape index (κ3) is 3.82. The molecular formula is C23H23FN6OS. The first kappa shape index (κ1) is 20.8. The van der Waals surface area contributed by atoms with Crippen molar-refractivity contribution in [1.29, 1.82) is 0 Å². The number of benzene rings is 1. The summed E-state index contributed by atoms with van der Waals surface area (Å²) in [5.41, 5.74) is 2.42. The summed E-state index contributed by atoms with van der Waals surface area (Å²) in [5, 5.41) is 9.61. The number of halogens is 1. The van der Waals surface area contributed by atoms with Crippen molar-refractivity contribution in [3.05, 3.63) is 54.1 Å². The summed E-state index contributed by atoms with van der Waals surface area (Å²) in [4.78, 5) is 22.0. The number of pyridine rings is 2. The summed E-state index contributed by atoms with van der Waals surface area (Å²) in [5.74, 6) is -0.774. The fraction of sp³-hybridized carbons (Fsp3) is 0.304. The van der Waals surface area contributed by atoms with E-state index in [-0.39, 0.29) is 17.0 Å². The Bertz CT molecular complexity index is 1340. The molecule has 1 aromatic carbocycles. The van der Waals surface area contributed by atoms with Crippen LogP contribution < -0.4 is 4.90 Å². The Morgan fingerprint density at radius 2 is 2.06 bits per heavy atom. The van der Waals surface area contributed by atoms with E-state index in [9.17, 15) is 9.18 Å². The number of carbonyl (C=O) groups excluding carboxylic acids is 1. The Morgan fingerprint density at radius 1 is 1.22 bits per heavy atom. The summed E-state index contributed by atoms with van der Waals surface area (Å²) in [6.07, 6.45) is 4.66. The zero-order valence-electron chi connectivity index (χ0n) is 18.1. The second kappa shape index (κ2) is 8.14. The van der Waals surface area contributed by atoms with Crippen molar-refractivity contribution < 1.29 is 9.18 Å².